The van der Waals surface area contributed by atoms with Crippen LogP contribution in [0, 0.1) is 6.92 Å². The van der Waals surface area contributed by atoms with Crippen LogP contribution >= 0.6 is 0 Å². The lowest BCUT2D eigenvalue weighted by atomic mass is 9.97. The Bertz CT molecular complexity index is 1130. The summed E-state index contributed by atoms with van der Waals surface area (Å²) in [6.45, 7) is 5.83. The Morgan fingerprint density at radius 2 is 1.81 bits per heavy atom. The third-order valence-corrected chi connectivity index (χ3v) is 4.79. The molecule has 1 aliphatic heterocycles. The second kappa shape index (κ2) is 9.30. The number of hydrogen-bond donors (Lipinski definition) is 1. The number of benzene rings is 1. The lowest BCUT2D eigenvalue weighted by Gasteiger charge is -2.09. The van der Waals surface area contributed by atoms with E-state index < -0.39 is 0 Å². The van der Waals surface area contributed by atoms with Crippen molar-refractivity contribution in [2.45, 2.75) is 27.2 Å². The van der Waals surface area contributed by atoms with Gasteiger partial charge in [0.05, 0.1) is 17.5 Å². The van der Waals surface area contributed by atoms with Gasteiger partial charge in [0.15, 0.2) is 0 Å². The van der Waals surface area contributed by atoms with Crippen LogP contribution < -0.4 is 5.32 Å². The Morgan fingerprint density at radius 1 is 1.06 bits per heavy atom. The number of anilines is 1. The van der Waals surface area contributed by atoms with E-state index >= 15 is 0 Å². The van der Waals surface area contributed by atoms with Gasteiger partial charge in [-0.15, -0.1) is 0 Å². The van der Waals surface area contributed by atoms with Crippen molar-refractivity contribution in [2.24, 2.45) is 0 Å². The Balaban J connectivity index is 0.00000118. The van der Waals surface area contributed by atoms with Crippen molar-refractivity contribution in [3.05, 3.63) is 77.2 Å². The number of hydrogen-bond acceptors (Lipinski definition) is 5. The molecule has 0 fully saturated rings. The van der Waals surface area contributed by atoms with E-state index in [4.69, 9.17) is 0 Å². The minimum atomic E-state index is -0.383. The fraction of sp³-hybridized carbons (Fsp3) is 0.208. The number of nitrogens with zero attached hydrogens (tertiary/aromatic N) is 3. The first kappa shape index (κ1) is 21.8. The van der Waals surface area contributed by atoms with Gasteiger partial charge in [-0.05, 0) is 42.3 Å². The van der Waals surface area contributed by atoms with Gasteiger partial charge in [-0.3, -0.25) is 24.3 Å². The molecule has 0 radical (unpaired) electrons. The van der Waals surface area contributed by atoms with Crippen LogP contribution in [0.5, 0.6) is 0 Å². The first-order valence-corrected chi connectivity index (χ1v) is 10.1. The van der Waals surface area contributed by atoms with E-state index in [2.05, 4.69) is 15.3 Å². The second-order valence-corrected chi connectivity index (χ2v) is 6.91. The molecule has 0 bridgehead atoms. The molecule has 31 heavy (non-hydrogen) atoms. The quantitative estimate of drug-likeness (QED) is 0.643. The molecule has 0 saturated carbocycles. The summed E-state index contributed by atoms with van der Waals surface area (Å²) in [6.07, 6.45) is 5.07. The van der Waals surface area contributed by atoms with Gasteiger partial charge in [0.25, 0.3) is 11.8 Å². The zero-order valence-corrected chi connectivity index (χ0v) is 18.0. The number of carbonyl (C=O) groups is 3. The number of carbonyl (C=O) groups excluding carboxylic acids is 3. The van der Waals surface area contributed by atoms with Gasteiger partial charge >= 0.3 is 0 Å². The molecule has 1 aliphatic rings. The fourth-order valence-corrected chi connectivity index (χ4v) is 3.39. The highest BCUT2D eigenvalue weighted by molar-refractivity contribution is 6.22. The van der Waals surface area contributed by atoms with Crippen molar-refractivity contribution in [1.29, 1.82) is 0 Å². The van der Waals surface area contributed by atoms with Crippen LogP contribution in [0.2, 0.25) is 0 Å². The number of pyridine rings is 2. The van der Waals surface area contributed by atoms with Crippen molar-refractivity contribution in [2.75, 3.05) is 12.4 Å². The van der Waals surface area contributed by atoms with Crippen LogP contribution in [0.3, 0.4) is 0 Å². The number of fused-ring (bicyclic) bond motifs is 1. The maximum absolute atomic E-state index is 12.5. The van der Waals surface area contributed by atoms with Crippen LogP contribution in [-0.4, -0.2) is 39.6 Å². The monoisotopic (exact) mass is 418 g/mol. The van der Waals surface area contributed by atoms with Gasteiger partial charge in [0.1, 0.15) is 5.82 Å². The van der Waals surface area contributed by atoms with Crippen molar-refractivity contribution in [3.8, 4) is 11.1 Å². The van der Waals surface area contributed by atoms with Gasteiger partial charge in [-0.2, -0.15) is 0 Å². The number of imide groups is 1. The average Bonchev–Trinajstić information content (AvgIpc) is 3.00. The third kappa shape index (κ3) is 4.50. The molecule has 0 spiro atoms. The predicted octanol–water partition coefficient (Wildman–Crippen LogP) is 4.13. The van der Waals surface area contributed by atoms with Crippen LogP contribution in [0.4, 0.5) is 5.82 Å². The van der Waals surface area contributed by atoms with Gasteiger partial charge < -0.3 is 5.32 Å². The highest BCUT2D eigenvalue weighted by Gasteiger charge is 2.35. The first-order chi connectivity index (χ1) is 14.9. The summed E-state index contributed by atoms with van der Waals surface area (Å²) >= 11 is 0. The maximum atomic E-state index is 12.5. The average molecular weight is 418 g/mol. The third-order valence-electron chi connectivity index (χ3n) is 4.79. The van der Waals surface area contributed by atoms with Gasteiger partial charge in [-0.25, -0.2) is 4.98 Å². The maximum Gasteiger partial charge on any atom is 0.261 e. The SMILES string of the molecule is CC.Cc1cc(CC(=O)Nc2ccc(-c3cccnc3)cn2)c2c(c1)C(=O)N(C)C2=O.[HH]. The standard InChI is InChI=1S/C22H18N4O3.C2H6.H2/c1-13-8-16(20-17(9-13)21(28)26(2)22(20)29)10-19(27)25-18-6-5-15(12-24-18)14-4-3-7-23-11-14;1-2;/h3-9,11-12H,10H2,1-2H3,(H,24,25,27);1-2H3;1H. The van der Waals surface area contributed by atoms with E-state index in [1.165, 1.54) is 7.05 Å². The number of aryl methyl sites for hydroxylation is 1. The van der Waals surface area contributed by atoms with Gasteiger partial charge in [0, 0.05) is 38.2 Å². The normalized spacial score (nSPS) is 12.2. The molecule has 7 heteroatoms. The first-order valence-electron chi connectivity index (χ1n) is 10.1. The fourth-order valence-electron chi connectivity index (χ4n) is 3.39. The molecule has 0 aliphatic carbocycles. The number of rotatable bonds is 4. The lowest BCUT2D eigenvalue weighted by molar-refractivity contribution is -0.115. The van der Waals surface area contributed by atoms with Crippen LogP contribution in [-0.2, 0) is 11.2 Å². The molecule has 0 unspecified atom stereocenters. The summed E-state index contributed by atoms with van der Waals surface area (Å²) in [7, 11) is 1.44. The smallest absolute Gasteiger partial charge is 0.261 e. The Morgan fingerprint density at radius 3 is 2.45 bits per heavy atom. The molecule has 2 aromatic heterocycles. The lowest BCUT2D eigenvalue weighted by Crippen LogP contribution is -2.24. The van der Waals surface area contributed by atoms with E-state index in [1.54, 1.807) is 36.8 Å². The van der Waals surface area contributed by atoms with E-state index in [1.807, 2.05) is 39.0 Å². The molecule has 0 saturated heterocycles. The minimum absolute atomic E-state index is 0. The Hall–Kier alpha value is -3.87. The topological polar surface area (TPSA) is 92.3 Å². The molecule has 3 aromatic rings. The van der Waals surface area contributed by atoms with Gasteiger partial charge in [0.2, 0.25) is 5.91 Å². The highest BCUT2D eigenvalue weighted by Crippen LogP contribution is 2.27. The molecular formula is C24H26N4O3. The molecule has 0 atom stereocenters. The Kier molecular flexibility index (Phi) is 6.55. The summed E-state index contributed by atoms with van der Waals surface area (Å²) in [5.74, 6) is -0.629. The predicted molar refractivity (Wildman–Crippen MR) is 121 cm³/mol. The summed E-state index contributed by atoms with van der Waals surface area (Å²) in [4.78, 5) is 46.6. The van der Waals surface area contributed by atoms with E-state index in [9.17, 15) is 14.4 Å². The molecule has 7 nitrogen and oxygen atoms in total. The molecule has 1 N–H and O–H groups in total. The second-order valence-electron chi connectivity index (χ2n) is 6.91. The van der Waals surface area contributed by atoms with Gasteiger partial charge in [-0.1, -0.05) is 26.0 Å². The molecule has 3 heterocycles. The molecule has 1 aromatic carbocycles. The summed E-state index contributed by atoms with van der Waals surface area (Å²) in [5, 5.41) is 2.74. The zero-order valence-electron chi connectivity index (χ0n) is 18.0. The van der Waals surface area contributed by atoms with E-state index in [0.29, 0.717) is 22.5 Å². The Labute approximate surface area is 182 Å². The van der Waals surface area contributed by atoms with Crippen LogP contribution in [0.15, 0.2) is 55.0 Å². The van der Waals surface area contributed by atoms with Crippen molar-refractivity contribution >= 4 is 23.5 Å². The molecular weight excluding hydrogens is 392 g/mol. The highest BCUT2D eigenvalue weighted by atomic mass is 16.2. The summed E-state index contributed by atoms with van der Waals surface area (Å²) in [6, 6.07) is 10.8. The molecule has 4 rings (SSSR count). The van der Waals surface area contributed by atoms with E-state index in [0.717, 1.165) is 21.6 Å². The van der Waals surface area contributed by atoms with Crippen LogP contribution in [0.1, 0.15) is 47.1 Å². The van der Waals surface area contributed by atoms with Crippen LogP contribution in [0.25, 0.3) is 11.1 Å². The van der Waals surface area contributed by atoms with Crippen molar-refractivity contribution < 1.29 is 15.8 Å². The minimum Gasteiger partial charge on any atom is -0.310 e. The molecule has 160 valence electrons. The zero-order chi connectivity index (χ0) is 22.5. The molecule has 3 amide bonds. The largest absolute Gasteiger partial charge is 0.310 e. The number of amides is 3. The van der Waals surface area contributed by atoms with Crippen molar-refractivity contribution in [3.63, 3.8) is 0 Å². The summed E-state index contributed by atoms with van der Waals surface area (Å²) in [5.41, 5.74) is 3.83. The number of nitrogens with one attached hydrogen (secondary N) is 1. The number of aromatic nitrogens is 2. The summed E-state index contributed by atoms with van der Waals surface area (Å²) < 4.78 is 0. The van der Waals surface area contributed by atoms with Crippen molar-refractivity contribution in [1.82, 2.24) is 14.9 Å². The van der Waals surface area contributed by atoms with E-state index in [-0.39, 0.29) is 25.6 Å².